The summed E-state index contributed by atoms with van der Waals surface area (Å²) in [5.41, 5.74) is 1.77. The van der Waals surface area contributed by atoms with Crippen LogP contribution in [0.15, 0.2) is 66.1 Å². The minimum atomic E-state index is -0.261. The first-order valence-electron chi connectivity index (χ1n) is 8.62. The molecule has 0 fully saturated rings. The molecule has 3 nitrogen and oxygen atoms in total. The Morgan fingerprint density at radius 3 is 2.54 bits per heavy atom. The molecule has 2 rings (SSSR count). The van der Waals surface area contributed by atoms with Crippen molar-refractivity contribution in [2.75, 3.05) is 17.6 Å². The number of halogens is 1. The highest BCUT2D eigenvalue weighted by Gasteiger charge is 2.17. The average Bonchev–Trinajstić information content (AvgIpc) is 2.62. The molecule has 1 unspecified atom stereocenters. The molecule has 2 N–H and O–H groups in total. The molecule has 0 aliphatic heterocycles. The van der Waals surface area contributed by atoms with Crippen LogP contribution in [0.5, 0.6) is 0 Å². The summed E-state index contributed by atoms with van der Waals surface area (Å²) in [5.74, 6) is 0.682. The van der Waals surface area contributed by atoms with Gasteiger partial charge in [-0.15, -0.1) is 18.3 Å². The SMILES string of the molecule is C=CCSc1ccccc1NC(=O)CNC(c1ccc(F)cc1)C(C)C. The van der Waals surface area contributed by atoms with Gasteiger partial charge in [-0.25, -0.2) is 4.39 Å². The van der Waals surface area contributed by atoms with E-state index in [1.54, 1.807) is 23.9 Å². The van der Waals surface area contributed by atoms with Gasteiger partial charge in [-0.3, -0.25) is 4.79 Å². The van der Waals surface area contributed by atoms with Crippen LogP contribution in [0.3, 0.4) is 0 Å². The summed E-state index contributed by atoms with van der Waals surface area (Å²) in [4.78, 5) is 13.4. The van der Waals surface area contributed by atoms with Crippen LogP contribution in [0.1, 0.15) is 25.5 Å². The summed E-state index contributed by atoms with van der Waals surface area (Å²) in [5, 5.41) is 6.24. The van der Waals surface area contributed by atoms with Crippen LogP contribution in [0.25, 0.3) is 0 Å². The third-order valence-corrected chi connectivity index (χ3v) is 4.97. The predicted octanol–water partition coefficient (Wildman–Crippen LogP) is 5.03. The fourth-order valence-corrected chi connectivity index (χ4v) is 3.40. The Morgan fingerprint density at radius 2 is 1.88 bits per heavy atom. The van der Waals surface area contributed by atoms with E-state index in [4.69, 9.17) is 0 Å². The standard InChI is InChI=1S/C21H25FN2OS/c1-4-13-26-19-8-6-5-7-18(19)24-20(25)14-23-21(15(2)3)16-9-11-17(22)12-10-16/h4-12,15,21,23H,1,13-14H2,2-3H3,(H,24,25). The van der Waals surface area contributed by atoms with E-state index < -0.39 is 0 Å². The molecule has 2 aromatic rings. The second kappa shape index (κ2) is 10.1. The van der Waals surface area contributed by atoms with Gasteiger partial charge in [-0.05, 0) is 35.7 Å². The van der Waals surface area contributed by atoms with Crippen LogP contribution in [0.4, 0.5) is 10.1 Å². The molecular weight excluding hydrogens is 347 g/mol. The lowest BCUT2D eigenvalue weighted by Crippen LogP contribution is -2.33. The van der Waals surface area contributed by atoms with E-state index in [1.165, 1.54) is 12.1 Å². The summed E-state index contributed by atoms with van der Waals surface area (Å²) in [6.45, 7) is 8.04. The molecule has 0 heterocycles. The summed E-state index contributed by atoms with van der Waals surface area (Å²) >= 11 is 1.63. The molecule has 5 heteroatoms. The van der Waals surface area contributed by atoms with Crippen LogP contribution in [-0.4, -0.2) is 18.2 Å². The van der Waals surface area contributed by atoms with Crippen LogP contribution < -0.4 is 10.6 Å². The average molecular weight is 373 g/mol. The maximum atomic E-state index is 13.1. The Balaban J connectivity index is 1.98. The Hall–Kier alpha value is -2.11. The first kappa shape index (κ1) is 20.2. The van der Waals surface area contributed by atoms with Gasteiger partial charge in [0.2, 0.25) is 5.91 Å². The molecule has 0 bridgehead atoms. The van der Waals surface area contributed by atoms with Gasteiger partial charge < -0.3 is 10.6 Å². The second-order valence-electron chi connectivity index (χ2n) is 6.30. The maximum absolute atomic E-state index is 13.1. The van der Waals surface area contributed by atoms with Crippen LogP contribution in [-0.2, 0) is 4.79 Å². The topological polar surface area (TPSA) is 41.1 Å². The number of hydrogen-bond donors (Lipinski definition) is 2. The number of carbonyl (C=O) groups is 1. The van der Waals surface area contributed by atoms with Crippen molar-refractivity contribution in [1.29, 1.82) is 0 Å². The molecule has 2 aromatic carbocycles. The molecule has 0 aliphatic carbocycles. The van der Waals surface area contributed by atoms with E-state index in [-0.39, 0.29) is 30.2 Å². The zero-order valence-electron chi connectivity index (χ0n) is 15.2. The zero-order chi connectivity index (χ0) is 18.9. The molecule has 0 spiro atoms. The molecular formula is C21H25FN2OS. The van der Waals surface area contributed by atoms with Crippen molar-refractivity contribution in [3.63, 3.8) is 0 Å². The number of thioether (sulfide) groups is 1. The molecule has 1 atom stereocenters. The van der Waals surface area contributed by atoms with Gasteiger partial charge in [0, 0.05) is 16.7 Å². The third-order valence-electron chi connectivity index (χ3n) is 3.90. The van der Waals surface area contributed by atoms with E-state index in [2.05, 4.69) is 31.1 Å². The highest BCUT2D eigenvalue weighted by molar-refractivity contribution is 7.99. The third kappa shape index (κ3) is 6.00. The number of anilines is 1. The molecule has 26 heavy (non-hydrogen) atoms. The van der Waals surface area contributed by atoms with Crippen LogP contribution >= 0.6 is 11.8 Å². The van der Waals surface area contributed by atoms with E-state index in [9.17, 15) is 9.18 Å². The number of para-hydroxylation sites is 1. The van der Waals surface area contributed by atoms with Crippen molar-refractivity contribution in [2.45, 2.75) is 24.8 Å². The molecule has 0 aliphatic rings. The summed E-state index contributed by atoms with van der Waals surface area (Å²) < 4.78 is 13.1. The molecule has 0 radical (unpaired) electrons. The first-order valence-corrected chi connectivity index (χ1v) is 9.61. The number of rotatable bonds is 9. The number of amides is 1. The largest absolute Gasteiger partial charge is 0.324 e. The summed E-state index contributed by atoms with van der Waals surface area (Å²) in [7, 11) is 0. The quantitative estimate of drug-likeness (QED) is 0.479. The second-order valence-corrected chi connectivity index (χ2v) is 7.36. The Labute approximate surface area is 159 Å². The monoisotopic (exact) mass is 372 g/mol. The first-order chi connectivity index (χ1) is 12.5. The van der Waals surface area contributed by atoms with Crippen molar-refractivity contribution in [2.24, 2.45) is 5.92 Å². The fraction of sp³-hybridized carbons (Fsp3) is 0.286. The minimum absolute atomic E-state index is 0.0215. The molecule has 138 valence electrons. The lowest BCUT2D eigenvalue weighted by molar-refractivity contribution is -0.115. The van der Waals surface area contributed by atoms with Crippen LogP contribution in [0.2, 0.25) is 0 Å². The minimum Gasteiger partial charge on any atom is -0.324 e. The molecule has 1 amide bonds. The number of benzene rings is 2. The van der Waals surface area contributed by atoms with Crippen molar-refractivity contribution < 1.29 is 9.18 Å². The van der Waals surface area contributed by atoms with E-state index in [1.807, 2.05) is 30.3 Å². The molecule has 0 saturated heterocycles. The van der Waals surface area contributed by atoms with Gasteiger partial charge in [0.1, 0.15) is 5.82 Å². The Morgan fingerprint density at radius 1 is 1.19 bits per heavy atom. The maximum Gasteiger partial charge on any atom is 0.238 e. The van der Waals surface area contributed by atoms with Gasteiger partial charge in [-0.1, -0.05) is 44.2 Å². The highest BCUT2D eigenvalue weighted by atomic mass is 32.2. The van der Waals surface area contributed by atoms with Crippen LogP contribution in [0, 0.1) is 11.7 Å². The van der Waals surface area contributed by atoms with Crippen molar-refractivity contribution in [1.82, 2.24) is 5.32 Å². The molecule has 0 aromatic heterocycles. The van der Waals surface area contributed by atoms with Gasteiger partial charge in [-0.2, -0.15) is 0 Å². The van der Waals surface area contributed by atoms with Gasteiger partial charge in [0.25, 0.3) is 0 Å². The number of hydrogen-bond acceptors (Lipinski definition) is 3. The van der Waals surface area contributed by atoms with E-state index >= 15 is 0 Å². The smallest absolute Gasteiger partial charge is 0.238 e. The fourth-order valence-electron chi connectivity index (χ4n) is 2.65. The van der Waals surface area contributed by atoms with Crippen molar-refractivity contribution >= 4 is 23.4 Å². The predicted molar refractivity (Wildman–Crippen MR) is 108 cm³/mol. The zero-order valence-corrected chi connectivity index (χ0v) is 16.0. The van der Waals surface area contributed by atoms with Gasteiger partial charge >= 0.3 is 0 Å². The van der Waals surface area contributed by atoms with Gasteiger partial charge in [0.05, 0.1) is 12.2 Å². The molecule has 0 saturated carbocycles. The van der Waals surface area contributed by atoms with E-state index in [0.29, 0.717) is 0 Å². The van der Waals surface area contributed by atoms with Gasteiger partial charge in [0.15, 0.2) is 0 Å². The van der Waals surface area contributed by atoms with E-state index in [0.717, 1.165) is 21.9 Å². The Kier molecular flexibility index (Phi) is 7.88. The number of nitrogens with one attached hydrogen (secondary N) is 2. The summed E-state index contributed by atoms with van der Waals surface area (Å²) in [6, 6.07) is 14.1. The van der Waals surface area contributed by atoms with Crippen molar-refractivity contribution in [3.8, 4) is 0 Å². The Bertz CT molecular complexity index is 731. The lowest BCUT2D eigenvalue weighted by atomic mass is 9.96. The highest BCUT2D eigenvalue weighted by Crippen LogP contribution is 2.27. The summed E-state index contributed by atoms with van der Waals surface area (Å²) in [6.07, 6.45) is 1.83. The number of carbonyl (C=O) groups excluding carboxylic acids is 1. The lowest BCUT2D eigenvalue weighted by Gasteiger charge is -2.23. The normalized spacial score (nSPS) is 12.0. The van der Waals surface area contributed by atoms with Crippen molar-refractivity contribution in [3.05, 3.63) is 72.6 Å².